The van der Waals surface area contributed by atoms with E-state index >= 15 is 0 Å². The van der Waals surface area contributed by atoms with Crippen LogP contribution < -0.4 is 4.74 Å². The summed E-state index contributed by atoms with van der Waals surface area (Å²) < 4.78 is 58.8. The topological polar surface area (TPSA) is 102 Å². The highest BCUT2D eigenvalue weighted by atomic mass is 32.2. The molecule has 0 aromatic heterocycles. The molecule has 7 nitrogen and oxygen atoms in total. The first-order chi connectivity index (χ1) is 12.3. The Morgan fingerprint density at radius 3 is 2.54 bits per heavy atom. The van der Waals surface area contributed by atoms with Crippen molar-refractivity contribution in [1.82, 2.24) is 0 Å². The lowest BCUT2D eigenvalue weighted by atomic mass is 10.0. The second-order valence-electron chi connectivity index (χ2n) is 5.25. The maximum absolute atomic E-state index is 13.8. The van der Waals surface area contributed by atoms with Crippen LogP contribution in [0.25, 0.3) is 0 Å². The van der Waals surface area contributed by atoms with Crippen LogP contribution in [-0.4, -0.2) is 20.3 Å². The molecule has 26 heavy (non-hydrogen) atoms. The van der Waals surface area contributed by atoms with E-state index in [0.29, 0.717) is 11.6 Å². The van der Waals surface area contributed by atoms with Crippen molar-refractivity contribution in [1.29, 1.82) is 0 Å². The van der Waals surface area contributed by atoms with Crippen LogP contribution in [0.5, 0.6) is 5.75 Å². The largest absolute Gasteiger partial charge is 0.750 e. The zero-order valence-electron chi connectivity index (χ0n) is 13.5. The summed E-state index contributed by atoms with van der Waals surface area (Å²) in [6.07, 6.45) is -1.00. The maximum Gasteiger partial charge on any atom is 0.314 e. The van der Waals surface area contributed by atoms with Crippen LogP contribution in [0.3, 0.4) is 0 Å². The van der Waals surface area contributed by atoms with Crippen LogP contribution in [0.4, 0.5) is 14.5 Å². The van der Waals surface area contributed by atoms with Gasteiger partial charge in [-0.15, -0.1) is 0 Å². The second-order valence-corrected chi connectivity index (χ2v) is 5.85. The number of benzene rings is 2. The number of ether oxygens (including phenoxy) is 1. The van der Waals surface area contributed by atoms with Crippen molar-refractivity contribution >= 4 is 17.0 Å². The van der Waals surface area contributed by atoms with Crippen molar-refractivity contribution in [2.45, 2.75) is 19.4 Å². The van der Waals surface area contributed by atoms with Crippen LogP contribution >= 0.6 is 0 Å². The molecule has 0 amide bonds. The van der Waals surface area contributed by atoms with Crippen LogP contribution in [0.15, 0.2) is 36.4 Å². The second kappa shape index (κ2) is 8.79. The molecule has 2 unspecified atom stereocenters. The van der Waals surface area contributed by atoms with Gasteiger partial charge in [0.05, 0.1) is 22.9 Å². The Labute approximate surface area is 150 Å². The van der Waals surface area contributed by atoms with E-state index in [1.807, 2.05) is 0 Å². The molecule has 0 aliphatic rings. The van der Waals surface area contributed by atoms with E-state index in [4.69, 9.17) is 8.92 Å². The smallest absolute Gasteiger partial charge is 0.314 e. The molecule has 0 saturated carbocycles. The lowest BCUT2D eigenvalue weighted by molar-refractivity contribution is -0.386. The third kappa shape index (κ3) is 4.81. The summed E-state index contributed by atoms with van der Waals surface area (Å²) in [5.41, 5.74) is 0.588. The summed E-state index contributed by atoms with van der Waals surface area (Å²) in [5.74, 6) is -3.63. The lowest BCUT2D eigenvalue weighted by Crippen LogP contribution is -2.13. The van der Waals surface area contributed by atoms with Gasteiger partial charge in [0.2, 0.25) is 11.6 Å². The van der Waals surface area contributed by atoms with Gasteiger partial charge in [0.25, 0.3) is 0 Å². The Hall–Kier alpha value is -2.43. The van der Waals surface area contributed by atoms with E-state index < -0.39 is 45.5 Å². The number of hydrogen-bond donors (Lipinski definition) is 0. The average Bonchev–Trinajstić information content (AvgIpc) is 2.57. The lowest BCUT2D eigenvalue weighted by Gasteiger charge is -2.21. The molecule has 0 bridgehead atoms. The van der Waals surface area contributed by atoms with Crippen molar-refractivity contribution < 1.29 is 31.4 Å². The van der Waals surface area contributed by atoms with Gasteiger partial charge in [0, 0.05) is 12.5 Å². The van der Waals surface area contributed by atoms with E-state index in [1.54, 1.807) is 31.2 Å². The number of nitro benzene ring substituents is 1. The van der Waals surface area contributed by atoms with Crippen molar-refractivity contribution in [3.05, 3.63) is 69.3 Å². The van der Waals surface area contributed by atoms with Gasteiger partial charge in [-0.3, -0.25) is 14.3 Å². The minimum Gasteiger partial charge on any atom is -0.750 e. The minimum atomic E-state index is -2.82. The summed E-state index contributed by atoms with van der Waals surface area (Å²) in [6.45, 7) is 1.41. The first kappa shape index (κ1) is 19.9. The van der Waals surface area contributed by atoms with Gasteiger partial charge in [-0.2, -0.15) is 4.39 Å². The van der Waals surface area contributed by atoms with Crippen LogP contribution in [0.1, 0.15) is 23.7 Å². The normalized spacial score (nSPS) is 13.2. The van der Waals surface area contributed by atoms with Crippen molar-refractivity contribution in [2.75, 3.05) is 6.61 Å². The van der Waals surface area contributed by atoms with E-state index in [0.717, 1.165) is 11.6 Å². The van der Waals surface area contributed by atoms with Gasteiger partial charge < -0.3 is 9.29 Å². The van der Waals surface area contributed by atoms with Gasteiger partial charge in [-0.1, -0.05) is 24.3 Å². The van der Waals surface area contributed by atoms with Gasteiger partial charge in [0.1, 0.15) is 6.10 Å². The molecule has 2 atom stereocenters. The average molecular weight is 386 g/mol. The summed E-state index contributed by atoms with van der Waals surface area (Å²) >= 11 is -2.82. The molecule has 2 aromatic rings. The first-order valence-electron chi connectivity index (χ1n) is 7.38. The van der Waals surface area contributed by atoms with E-state index in [-0.39, 0.29) is 13.0 Å². The predicted octanol–water partition coefficient (Wildman–Crippen LogP) is 3.50. The monoisotopic (exact) mass is 386 g/mol. The molecule has 0 aliphatic carbocycles. The van der Waals surface area contributed by atoms with Crippen LogP contribution in [-0.2, 0) is 15.5 Å². The molecule has 0 spiro atoms. The Bertz CT molecular complexity index is 832. The maximum atomic E-state index is 13.8. The Kier molecular flexibility index (Phi) is 6.72. The number of nitro groups is 1. The molecule has 0 aliphatic heterocycles. The predicted molar refractivity (Wildman–Crippen MR) is 87.0 cm³/mol. The fourth-order valence-corrected chi connectivity index (χ4v) is 2.76. The van der Waals surface area contributed by atoms with E-state index in [1.165, 1.54) is 0 Å². The number of hydrogen-bond acceptors (Lipinski definition) is 6. The first-order valence-corrected chi connectivity index (χ1v) is 8.38. The summed E-state index contributed by atoms with van der Waals surface area (Å²) in [4.78, 5) is 10.0. The SMILES string of the molecule is Cc1ccccc1C(CCOc1c([N+](=O)[O-])ccc(F)c1F)OS(=O)[O-]. The highest BCUT2D eigenvalue weighted by Crippen LogP contribution is 2.32. The molecule has 0 radical (unpaired) electrons. The van der Waals surface area contributed by atoms with Crippen molar-refractivity contribution in [2.24, 2.45) is 0 Å². The number of nitrogens with zero attached hydrogens (tertiary/aromatic N) is 1. The fraction of sp³-hybridized carbons (Fsp3) is 0.250. The Balaban J connectivity index is 2.18. The highest BCUT2D eigenvalue weighted by Gasteiger charge is 2.24. The van der Waals surface area contributed by atoms with Gasteiger partial charge in [-0.25, -0.2) is 8.60 Å². The highest BCUT2D eigenvalue weighted by molar-refractivity contribution is 7.74. The molecule has 0 N–H and O–H groups in total. The standard InChI is InChI=1S/C16H15F2NO6S/c1-10-4-2-3-5-11(10)14(25-26(22)23)8-9-24-16-13(19(20)21)7-6-12(17)15(16)18/h2-7,14H,8-9H2,1H3,(H,22,23)/p-1. The Morgan fingerprint density at radius 1 is 1.23 bits per heavy atom. The third-order valence-electron chi connectivity index (χ3n) is 3.58. The molecule has 0 fully saturated rings. The summed E-state index contributed by atoms with van der Waals surface area (Å²) in [7, 11) is 0. The van der Waals surface area contributed by atoms with Crippen molar-refractivity contribution in [3.63, 3.8) is 0 Å². The van der Waals surface area contributed by atoms with Gasteiger partial charge in [0.15, 0.2) is 5.82 Å². The molecule has 0 heterocycles. The molecule has 140 valence electrons. The fourth-order valence-electron chi connectivity index (χ4n) is 2.37. The molecule has 0 saturated heterocycles. The number of halogens is 2. The molecular weight excluding hydrogens is 372 g/mol. The van der Waals surface area contributed by atoms with Crippen molar-refractivity contribution in [3.8, 4) is 5.75 Å². The zero-order valence-corrected chi connectivity index (χ0v) is 14.3. The Morgan fingerprint density at radius 2 is 1.92 bits per heavy atom. The summed E-state index contributed by atoms with van der Waals surface area (Å²) in [6, 6.07) is 8.25. The summed E-state index contributed by atoms with van der Waals surface area (Å²) in [5, 5.41) is 10.9. The van der Waals surface area contributed by atoms with Gasteiger partial charge >= 0.3 is 5.69 Å². The van der Waals surface area contributed by atoms with E-state index in [9.17, 15) is 27.7 Å². The molecule has 2 rings (SSSR count). The molecule has 2 aromatic carbocycles. The van der Waals surface area contributed by atoms with Crippen LogP contribution in [0.2, 0.25) is 0 Å². The van der Waals surface area contributed by atoms with Gasteiger partial charge in [-0.05, 0) is 24.1 Å². The zero-order chi connectivity index (χ0) is 19.3. The quantitative estimate of drug-likeness (QED) is 0.391. The molecule has 10 heteroatoms. The van der Waals surface area contributed by atoms with E-state index in [2.05, 4.69) is 0 Å². The number of aryl methyl sites for hydroxylation is 1. The van der Waals surface area contributed by atoms with Crippen LogP contribution in [0, 0.1) is 28.7 Å². The minimum absolute atomic E-state index is 0.0636. The molecular formula is C16H14F2NO6S-. The third-order valence-corrected chi connectivity index (χ3v) is 3.97. The number of rotatable bonds is 8.